The Morgan fingerprint density at radius 3 is 2.76 bits per heavy atom. The summed E-state index contributed by atoms with van der Waals surface area (Å²) >= 11 is 3.24. The number of H-pyrrole nitrogens is 1. The van der Waals surface area contributed by atoms with Crippen LogP contribution in [-0.2, 0) is 11.8 Å². The summed E-state index contributed by atoms with van der Waals surface area (Å²) in [6.45, 7) is 1.81. The fraction of sp³-hybridized carbons (Fsp3) is 0.273. The molecule has 0 saturated heterocycles. The van der Waals surface area contributed by atoms with Crippen molar-refractivity contribution >= 4 is 43.9 Å². The molecule has 17 heavy (non-hydrogen) atoms. The summed E-state index contributed by atoms with van der Waals surface area (Å²) in [6, 6.07) is 3.14. The van der Waals surface area contributed by atoms with Gasteiger partial charge in [0, 0.05) is 5.33 Å². The first-order valence-electron chi connectivity index (χ1n) is 4.93. The molecule has 3 nitrogen and oxygen atoms in total. The van der Waals surface area contributed by atoms with Gasteiger partial charge < -0.3 is 4.98 Å². The number of nitrogens with zero attached hydrogens (tertiary/aromatic N) is 1. The van der Waals surface area contributed by atoms with Crippen LogP contribution in [0, 0.1) is 5.82 Å². The molecule has 1 aromatic heterocycles. The summed E-state index contributed by atoms with van der Waals surface area (Å²) in [5, 5.41) is 0.539. The smallest absolute Gasteiger partial charge is 0.270 e. The molecule has 0 bridgehead atoms. The normalized spacial score (nSPS) is 10.3. The van der Waals surface area contributed by atoms with Gasteiger partial charge >= 0.3 is 0 Å². The maximum Gasteiger partial charge on any atom is 0.270 e. The molecule has 2 aromatic rings. The first-order chi connectivity index (χ1) is 7.65. The molecule has 1 heterocycles. The molecule has 92 valence electrons. The van der Waals surface area contributed by atoms with Crippen LogP contribution in [0.4, 0.5) is 4.39 Å². The van der Waals surface area contributed by atoms with Crippen LogP contribution >= 0.6 is 32.9 Å². The van der Waals surface area contributed by atoms with E-state index in [2.05, 4.69) is 25.9 Å². The topological polar surface area (TPSA) is 45.8 Å². The maximum atomic E-state index is 13.7. The van der Waals surface area contributed by atoms with Crippen molar-refractivity contribution in [1.82, 2.24) is 9.97 Å². The van der Waals surface area contributed by atoms with Gasteiger partial charge in [0.2, 0.25) is 0 Å². The van der Waals surface area contributed by atoms with Crippen LogP contribution in [-0.4, -0.2) is 9.97 Å². The molecular weight excluding hydrogens is 355 g/mol. The zero-order chi connectivity index (χ0) is 11.7. The molecular formula is C11H11Br2FN2O. The van der Waals surface area contributed by atoms with Crippen molar-refractivity contribution in [2.24, 2.45) is 0 Å². The first-order valence-corrected chi connectivity index (χ1v) is 6.05. The van der Waals surface area contributed by atoms with Gasteiger partial charge in [-0.2, -0.15) is 0 Å². The third kappa shape index (κ3) is 2.74. The van der Waals surface area contributed by atoms with Crippen molar-refractivity contribution in [3.63, 3.8) is 0 Å². The molecule has 0 amide bonds. The Kier molecular flexibility index (Phi) is 4.82. The molecule has 0 aliphatic rings. The van der Waals surface area contributed by atoms with Gasteiger partial charge in [0.15, 0.2) is 5.82 Å². The lowest BCUT2D eigenvalue weighted by Gasteiger charge is -2.03. The number of rotatable bonds is 2. The lowest BCUT2D eigenvalue weighted by atomic mass is 10.2. The van der Waals surface area contributed by atoms with Crippen LogP contribution in [0.1, 0.15) is 18.2 Å². The molecule has 6 heteroatoms. The lowest BCUT2D eigenvalue weighted by Crippen LogP contribution is -2.14. The fourth-order valence-electron chi connectivity index (χ4n) is 1.56. The summed E-state index contributed by atoms with van der Waals surface area (Å²) in [6.07, 6.45) is 0.491. The van der Waals surface area contributed by atoms with Gasteiger partial charge in [-0.3, -0.25) is 4.79 Å². The Balaban J connectivity index is 0.00000144. The quantitative estimate of drug-likeness (QED) is 0.831. The highest BCUT2D eigenvalue weighted by atomic mass is 79.9. The van der Waals surface area contributed by atoms with Crippen molar-refractivity contribution in [2.75, 3.05) is 0 Å². The SMILES string of the molecule is Br.CCc1nc2c(F)cc(CBr)cc2[nH]c1=O. The van der Waals surface area contributed by atoms with Crippen molar-refractivity contribution in [3.8, 4) is 0 Å². The number of benzene rings is 1. The van der Waals surface area contributed by atoms with E-state index in [1.54, 1.807) is 6.07 Å². The van der Waals surface area contributed by atoms with Gasteiger partial charge in [-0.15, -0.1) is 17.0 Å². The second kappa shape index (κ2) is 5.73. The molecule has 2 rings (SSSR count). The van der Waals surface area contributed by atoms with E-state index < -0.39 is 5.82 Å². The largest absolute Gasteiger partial charge is 0.319 e. The van der Waals surface area contributed by atoms with Crippen molar-refractivity contribution in [3.05, 3.63) is 39.6 Å². The highest BCUT2D eigenvalue weighted by Crippen LogP contribution is 2.17. The number of alkyl halides is 1. The minimum atomic E-state index is -0.405. The molecule has 0 atom stereocenters. The minimum Gasteiger partial charge on any atom is -0.319 e. The predicted octanol–water partition coefficient (Wildman–Crippen LogP) is 3.10. The highest BCUT2D eigenvalue weighted by molar-refractivity contribution is 9.08. The Bertz CT molecular complexity index is 598. The van der Waals surface area contributed by atoms with Gasteiger partial charge in [0.1, 0.15) is 11.2 Å². The first kappa shape index (κ1) is 14.3. The molecule has 1 aromatic carbocycles. The van der Waals surface area contributed by atoms with Crippen LogP contribution in [0.2, 0.25) is 0 Å². The van der Waals surface area contributed by atoms with Crippen molar-refractivity contribution in [2.45, 2.75) is 18.7 Å². The third-order valence-electron chi connectivity index (χ3n) is 2.37. The number of hydrogen-bond acceptors (Lipinski definition) is 2. The Morgan fingerprint density at radius 2 is 2.18 bits per heavy atom. The molecule has 0 fully saturated rings. The zero-order valence-corrected chi connectivity index (χ0v) is 12.4. The molecule has 0 aliphatic carbocycles. The molecule has 0 unspecified atom stereocenters. The van der Waals surface area contributed by atoms with E-state index in [0.717, 1.165) is 5.56 Å². The number of aromatic nitrogens is 2. The summed E-state index contributed by atoms with van der Waals surface area (Å²) in [4.78, 5) is 18.2. The second-order valence-electron chi connectivity index (χ2n) is 3.47. The van der Waals surface area contributed by atoms with Crippen molar-refractivity contribution in [1.29, 1.82) is 0 Å². The van der Waals surface area contributed by atoms with Crippen LogP contribution in [0.25, 0.3) is 11.0 Å². The standard InChI is InChI=1S/C11H10BrFN2O.BrH/c1-2-8-11(16)15-9-4-6(5-12)3-7(13)10(9)14-8;/h3-4H,2,5H2,1H3,(H,15,16);1H. The molecule has 0 saturated carbocycles. The Labute approximate surface area is 116 Å². The van der Waals surface area contributed by atoms with Crippen LogP contribution in [0.5, 0.6) is 0 Å². The number of hydrogen-bond donors (Lipinski definition) is 1. The van der Waals surface area contributed by atoms with Crippen molar-refractivity contribution < 1.29 is 4.39 Å². The van der Waals surface area contributed by atoms with Gasteiger partial charge in [-0.25, -0.2) is 9.37 Å². The number of aromatic amines is 1. The van der Waals surface area contributed by atoms with E-state index in [4.69, 9.17) is 0 Å². The van der Waals surface area contributed by atoms with Gasteiger partial charge in [0.25, 0.3) is 5.56 Å². The summed E-state index contributed by atoms with van der Waals surface area (Å²) in [5.74, 6) is -0.405. The third-order valence-corrected chi connectivity index (χ3v) is 3.02. The average molecular weight is 366 g/mol. The number of fused-ring (bicyclic) bond motifs is 1. The van der Waals surface area contributed by atoms with E-state index in [9.17, 15) is 9.18 Å². The Morgan fingerprint density at radius 1 is 1.47 bits per heavy atom. The summed E-state index contributed by atoms with van der Waals surface area (Å²) < 4.78 is 13.7. The van der Waals surface area contributed by atoms with E-state index in [0.29, 0.717) is 23.0 Å². The summed E-state index contributed by atoms with van der Waals surface area (Å²) in [5.41, 5.74) is 1.55. The maximum absolute atomic E-state index is 13.7. The highest BCUT2D eigenvalue weighted by Gasteiger charge is 2.08. The van der Waals surface area contributed by atoms with E-state index in [1.807, 2.05) is 6.92 Å². The minimum absolute atomic E-state index is 0. The molecule has 1 N–H and O–H groups in total. The average Bonchev–Trinajstić information content (AvgIpc) is 2.28. The number of aryl methyl sites for hydroxylation is 1. The van der Waals surface area contributed by atoms with E-state index >= 15 is 0 Å². The lowest BCUT2D eigenvalue weighted by molar-refractivity contribution is 0.634. The zero-order valence-electron chi connectivity index (χ0n) is 9.09. The van der Waals surface area contributed by atoms with Crippen LogP contribution in [0.3, 0.4) is 0 Å². The van der Waals surface area contributed by atoms with Gasteiger partial charge in [-0.1, -0.05) is 22.9 Å². The summed E-state index contributed by atoms with van der Waals surface area (Å²) in [7, 11) is 0. The van der Waals surface area contributed by atoms with E-state index in [-0.39, 0.29) is 28.1 Å². The van der Waals surface area contributed by atoms with E-state index in [1.165, 1.54) is 6.07 Å². The van der Waals surface area contributed by atoms with Gasteiger partial charge in [-0.05, 0) is 24.1 Å². The molecule has 0 aliphatic heterocycles. The monoisotopic (exact) mass is 364 g/mol. The van der Waals surface area contributed by atoms with Gasteiger partial charge in [0.05, 0.1) is 5.52 Å². The number of nitrogens with one attached hydrogen (secondary N) is 1. The fourth-order valence-corrected chi connectivity index (χ4v) is 1.88. The molecule has 0 spiro atoms. The predicted molar refractivity (Wildman–Crippen MR) is 74.7 cm³/mol. The number of halogens is 3. The van der Waals surface area contributed by atoms with Crippen LogP contribution in [0.15, 0.2) is 16.9 Å². The Hall–Kier alpha value is -0.750. The van der Waals surface area contributed by atoms with Crippen LogP contribution < -0.4 is 5.56 Å². The second-order valence-corrected chi connectivity index (χ2v) is 4.03. The molecule has 0 radical (unpaired) electrons.